The quantitative estimate of drug-likeness (QED) is 0.346. The Kier molecular flexibility index (Phi) is 8.02. The van der Waals surface area contributed by atoms with Crippen molar-refractivity contribution in [2.75, 3.05) is 13.7 Å². The molecule has 2 N–H and O–H groups in total. The number of nitrogens with zero attached hydrogens (tertiary/aromatic N) is 4. The molecule has 0 saturated heterocycles. The number of hydrogen-bond donors (Lipinski definition) is 2. The summed E-state index contributed by atoms with van der Waals surface area (Å²) in [7, 11) is 3.61. The molecular formula is C19H28FIN6O. The second-order valence-electron chi connectivity index (χ2n) is 6.96. The molecule has 0 radical (unpaired) electrons. The molecule has 1 heterocycles. The molecule has 154 valence electrons. The van der Waals surface area contributed by atoms with E-state index in [-0.39, 0.29) is 35.8 Å². The third kappa shape index (κ3) is 5.79. The minimum atomic E-state index is -0.334. The summed E-state index contributed by atoms with van der Waals surface area (Å²) >= 11 is 0. The summed E-state index contributed by atoms with van der Waals surface area (Å²) in [4.78, 5) is 4.22. The zero-order valence-corrected chi connectivity index (χ0v) is 19.0. The number of aromatic nitrogens is 3. The van der Waals surface area contributed by atoms with E-state index in [4.69, 9.17) is 4.74 Å². The maximum Gasteiger partial charge on any atom is 0.191 e. The molecule has 0 amide bonds. The minimum Gasteiger partial charge on any atom is -0.490 e. The van der Waals surface area contributed by atoms with Crippen molar-refractivity contribution in [1.29, 1.82) is 0 Å². The van der Waals surface area contributed by atoms with Crippen LogP contribution in [0.15, 0.2) is 23.2 Å². The standard InChI is InChI=1S/C19H27FN6O.HI/c1-12(15-7-8-17(16(20)9-15)27-11-14-5-6-14)23-19(21-3)22-10-18-25-24-13(2)26(18)4;/h7-9,12,14H,5-6,10-11H2,1-4H3,(H2,21,22,23);1H. The van der Waals surface area contributed by atoms with Crippen molar-refractivity contribution in [3.63, 3.8) is 0 Å². The Morgan fingerprint density at radius 1 is 1.39 bits per heavy atom. The van der Waals surface area contributed by atoms with Gasteiger partial charge in [-0.1, -0.05) is 6.07 Å². The number of aryl methyl sites for hydroxylation is 1. The SMILES string of the molecule is CN=C(NCc1nnc(C)n1C)NC(C)c1ccc(OCC2CC2)c(F)c1.I. The van der Waals surface area contributed by atoms with Gasteiger partial charge in [0.05, 0.1) is 19.2 Å². The number of nitrogens with one attached hydrogen (secondary N) is 2. The maximum atomic E-state index is 14.3. The van der Waals surface area contributed by atoms with Gasteiger partial charge in [0, 0.05) is 14.1 Å². The average Bonchev–Trinajstić information content (AvgIpc) is 3.44. The van der Waals surface area contributed by atoms with Crippen LogP contribution in [-0.2, 0) is 13.6 Å². The third-order valence-electron chi connectivity index (χ3n) is 4.80. The lowest BCUT2D eigenvalue weighted by molar-refractivity contribution is 0.285. The number of benzene rings is 1. The molecule has 0 spiro atoms. The monoisotopic (exact) mass is 502 g/mol. The Hall–Kier alpha value is -1.91. The second kappa shape index (κ2) is 10.0. The molecule has 1 aromatic carbocycles. The molecular weight excluding hydrogens is 474 g/mol. The van der Waals surface area contributed by atoms with Crippen LogP contribution in [0.1, 0.15) is 43.0 Å². The summed E-state index contributed by atoms with van der Waals surface area (Å²) in [5, 5.41) is 14.6. The zero-order valence-electron chi connectivity index (χ0n) is 16.7. The average molecular weight is 502 g/mol. The van der Waals surface area contributed by atoms with Gasteiger partial charge in [-0.05, 0) is 50.3 Å². The zero-order chi connectivity index (χ0) is 19.4. The number of guanidine groups is 1. The Balaban J connectivity index is 0.00000280. The van der Waals surface area contributed by atoms with Crippen LogP contribution >= 0.6 is 24.0 Å². The van der Waals surface area contributed by atoms with E-state index in [0.717, 1.165) is 17.2 Å². The lowest BCUT2D eigenvalue weighted by atomic mass is 10.1. The van der Waals surface area contributed by atoms with E-state index in [1.807, 2.05) is 31.5 Å². The Morgan fingerprint density at radius 2 is 2.14 bits per heavy atom. The van der Waals surface area contributed by atoms with Crippen LogP contribution < -0.4 is 15.4 Å². The number of rotatable bonds is 7. The van der Waals surface area contributed by atoms with Gasteiger partial charge in [0.25, 0.3) is 0 Å². The fourth-order valence-corrected chi connectivity index (χ4v) is 2.65. The maximum absolute atomic E-state index is 14.3. The highest BCUT2D eigenvalue weighted by molar-refractivity contribution is 14.0. The first-order valence-corrected chi connectivity index (χ1v) is 9.22. The predicted molar refractivity (Wildman–Crippen MR) is 118 cm³/mol. The highest BCUT2D eigenvalue weighted by Crippen LogP contribution is 2.30. The van der Waals surface area contributed by atoms with Crippen LogP contribution in [0.3, 0.4) is 0 Å². The topological polar surface area (TPSA) is 76.4 Å². The molecule has 1 unspecified atom stereocenters. The Bertz CT molecular complexity index is 821. The van der Waals surface area contributed by atoms with Crippen molar-refractivity contribution in [3.8, 4) is 5.75 Å². The van der Waals surface area contributed by atoms with Crippen molar-refractivity contribution >= 4 is 29.9 Å². The summed E-state index contributed by atoms with van der Waals surface area (Å²) in [5.74, 6) is 2.85. The normalized spacial score (nSPS) is 15.0. The summed E-state index contributed by atoms with van der Waals surface area (Å²) < 4.78 is 21.8. The second-order valence-corrected chi connectivity index (χ2v) is 6.96. The van der Waals surface area contributed by atoms with Crippen LogP contribution in [0.25, 0.3) is 0 Å². The van der Waals surface area contributed by atoms with Gasteiger partial charge in [0.1, 0.15) is 5.82 Å². The minimum absolute atomic E-state index is 0. The van der Waals surface area contributed by atoms with Crippen LogP contribution in [0.2, 0.25) is 0 Å². The molecule has 1 aliphatic carbocycles. The van der Waals surface area contributed by atoms with Gasteiger partial charge >= 0.3 is 0 Å². The fraction of sp³-hybridized carbons (Fsp3) is 0.526. The van der Waals surface area contributed by atoms with E-state index in [2.05, 4.69) is 25.8 Å². The van der Waals surface area contributed by atoms with Crippen LogP contribution in [-0.4, -0.2) is 34.4 Å². The van der Waals surface area contributed by atoms with Crippen LogP contribution in [0.4, 0.5) is 4.39 Å². The van der Waals surface area contributed by atoms with E-state index in [1.165, 1.54) is 18.9 Å². The van der Waals surface area contributed by atoms with E-state index in [0.29, 0.717) is 30.8 Å². The van der Waals surface area contributed by atoms with Crippen LogP contribution in [0.5, 0.6) is 5.75 Å². The lowest BCUT2D eigenvalue weighted by Gasteiger charge is -2.19. The largest absolute Gasteiger partial charge is 0.490 e. The van der Waals surface area contributed by atoms with Crippen molar-refractivity contribution in [1.82, 2.24) is 25.4 Å². The van der Waals surface area contributed by atoms with Crippen LogP contribution in [0, 0.1) is 18.7 Å². The molecule has 28 heavy (non-hydrogen) atoms. The molecule has 1 aromatic heterocycles. The number of ether oxygens (including phenoxy) is 1. The highest BCUT2D eigenvalue weighted by Gasteiger charge is 2.22. The van der Waals surface area contributed by atoms with Gasteiger partial charge in [-0.15, -0.1) is 34.2 Å². The lowest BCUT2D eigenvalue weighted by Crippen LogP contribution is -2.38. The summed E-state index contributed by atoms with van der Waals surface area (Å²) in [5.41, 5.74) is 0.823. The molecule has 0 aliphatic heterocycles. The molecule has 7 nitrogen and oxygen atoms in total. The van der Waals surface area contributed by atoms with E-state index >= 15 is 0 Å². The third-order valence-corrected chi connectivity index (χ3v) is 4.80. The smallest absolute Gasteiger partial charge is 0.191 e. The summed E-state index contributed by atoms with van der Waals surface area (Å²) in [6, 6.07) is 4.97. The van der Waals surface area contributed by atoms with E-state index in [1.54, 1.807) is 13.1 Å². The Morgan fingerprint density at radius 3 is 2.71 bits per heavy atom. The summed E-state index contributed by atoms with van der Waals surface area (Å²) in [6.45, 7) is 4.95. The molecule has 1 saturated carbocycles. The highest BCUT2D eigenvalue weighted by atomic mass is 127. The van der Waals surface area contributed by atoms with Gasteiger partial charge in [-0.2, -0.15) is 0 Å². The van der Waals surface area contributed by atoms with Gasteiger partial charge in [-0.25, -0.2) is 4.39 Å². The number of halogens is 2. The van der Waals surface area contributed by atoms with Gasteiger partial charge in [-0.3, -0.25) is 4.99 Å². The van der Waals surface area contributed by atoms with Crippen molar-refractivity contribution < 1.29 is 9.13 Å². The first-order chi connectivity index (χ1) is 13.0. The van der Waals surface area contributed by atoms with Gasteiger partial charge in [0.15, 0.2) is 23.4 Å². The van der Waals surface area contributed by atoms with Gasteiger partial charge in [0.2, 0.25) is 0 Å². The first kappa shape index (κ1) is 22.4. The molecule has 0 bridgehead atoms. The number of aliphatic imine (C=N–C) groups is 1. The number of hydrogen-bond acceptors (Lipinski definition) is 4. The van der Waals surface area contributed by atoms with Crippen molar-refractivity contribution in [3.05, 3.63) is 41.2 Å². The van der Waals surface area contributed by atoms with Crippen molar-refractivity contribution in [2.24, 2.45) is 18.0 Å². The fourth-order valence-electron chi connectivity index (χ4n) is 2.65. The molecule has 1 aliphatic rings. The summed E-state index contributed by atoms with van der Waals surface area (Å²) in [6.07, 6.45) is 2.36. The molecule has 1 atom stereocenters. The predicted octanol–water partition coefficient (Wildman–Crippen LogP) is 3.10. The Labute approximate surface area is 182 Å². The first-order valence-electron chi connectivity index (χ1n) is 9.22. The molecule has 1 fully saturated rings. The van der Waals surface area contributed by atoms with E-state index in [9.17, 15) is 4.39 Å². The molecule has 9 heteroatoms. The molecule has 2 aromatic rings. The van der Waals surface area contributed by atoms with Crippen molar-refractivity contribution in [2.45, 2.75) is 39.3 Å². The molecule has 3 rings (SSSR count). The van der Waals surface area contributed by atoms with E-state index < -0.39 is 0 Å². The van der Waals surface area contributed by atoms with Gasteiger partial charge < -0.3 is 19.9 Å².